The van der Waals surface area contributed by atoms with E-state index >= 15 is 0 Å². The van der Waals surface area contributed by atoms with Crippen LogP contribution in [0.25, 0.3) is 5.69 Å². The summed E-state index contributed by atoms with van der Waals surface area (Å²) in [5, 5.41) is 36.9. The molecule has 3 N–H and O–H groups in total. The predicted octanol–water partition coefficient (Wildman–Crippen LogP) is 3.57. The van der Waals surface area contributed by atoms with Crippen molar-refractivity contribution >= 4 is 11.5 Å². The van der Waals surface area contributed by atoms with E-state index in [1.807, 2.05) is 26.8 Å². The molecule has 138 valence electrons. The summed E-state index contributed by atoms with van der Waals surface area (Å²) in [7, 11) is 0. The van der Waals surface area contributed by atoms with Gasteiger partial charge in [-0.05, 0) is 18.6 Å². The SMILES string of the molecule is CCC(C)(C)c1[nH]nc(N=Nc2c(O)n(-c3ccccc3)[nH]c2=O)c1C#N. The Hall–Kier alpha value is -3.67. The highest BCUT2D eigenvalue weighted by molar-refractivity contribution is 5.54. The van der Waals surface area contributed by atoms with Gasteiger partial charge in [0.2, 0.25) is 17.4 Å². The zero-order valence-corrected chi connectivity index (χ0v) is 15.2. The molecule has 27 heavy (non-hydrogen) atoms. The maximum atomic E-state index is 12.1. The van der Waals surface area contributed by atoms with Gasteiger partial charge in [0.15, 0.2) is 0 Å². The number of hydrogen-bond donors (Lipinski definition) is 3. The highest BCUT2D eigenvalue weighted by Gasteiger charge is 2.27. The van der Waals surface area contributed by atoms with Crippen molar-refractivity contribution in [3.8, 4) is 17.6 Å². The Bertz CT molecular complexity index is 1080. The first-order valence-corrected chi connectivity index (χ1v) is 8.39. The van der Waals surface area contributed by atoms with E-state index in [1.54, 1.807) is 24.3 Å². The van der Waals surface area contributed by atoms with E-state index in [4.69, 9.17) is 0 Å². The molecule has 0 bridgehead atoms. The molecular formula is C18H19N7O2. The van der Waals surface area contributed by atoms with Crippen LogP contribution in [0.3, 0.4) is 0 Å². The number of aromatic hydroxyl groups is 1. The average molecular weight is 365 g/mol. The molecule has 1 aromatic carbocycles. The number of rotatable bonds is 5. The van der Waals surface area contributed by atoms with Crippen molar-refractivity contribution in [3.63, 3.8) is 0 Å². The molecule has 0 spiro atoms. The monoisotopic (exact) mass is 365 g/mol. The molecule has 0 unspecified atom stereocenters. The van der Waals surface area contributed by atoms with E-state index in [2.05, 4.69) is 31.6 Å². The van der Waals surface area contributed by atoms with Gasteiger partial charge in [-0.1, -0.05) is 39.0 Å². The summed E-state index contributed by atoms with van der Waals surface area (Å²) in [6.07, 6.45) is 0.792. The minimum atomic E-state index is -0.608. The number of nitrogens with zero attached hydrogens (tertiary/aromatic N) is 5. The smallest absolute Gasteiger partial charge is 0.296 e. The standard InChI is InChI=1S/C18H19N7O2/c1-4-18(2,3)14-12(10-19)15(23-21-14)22-20-13-16(26)24-25(17(13)27)11-8-6-5-7-9-11/h5-9,27H,4H2,1-3H3,(H,21,23)(H,24,26). The Labute approximate surface area is 155 Å². The third kappa shape index (κ3) is 3.25. The number of aromatic amines is 2. The van der Waals surface area contributed by atoms with Crippen LogP contribution in [-0.2, 0) is 5.41 Å². The van der Waals surface area contributed by atoms with Crippen LogP contribution in [0.5, 0.6) is 5.88 Å². The number of nitrogens with one attached hydrogen (secondary N) is 2. The predicted molar refractivity (Wildman–Crippen MR) is 98.9 cm³/mol. The van der Waals surface area contributed by atoms with Crippen molar-refractivity contribution in [2.75, 3.05) is 0 Å². The van der Waals surface area contributed by atoms with E-state index in [0.29, 0.717) is 11.4 Å². The summed E-state index contributed by atoms with van der Waals surface area (Å²) in [4.78, 5) is 12.1. The number of H-pyrrole nitrogens is 2. The largest absolute Gasteiger partial charge is 0.492 e. The Morgan fingerprint density at radius 1 is 1.30 bits per heavy atom. The Balaban J connectivity index is 2.00. The molecule has 3 aromatic rings. The molecule has 9 heteroatoms. The average Bonchev–Trinajstić information content (AvgIpc) is 3.22. The van der Waals surface area contributed by atoms with E-state index in [1.165, 1.54) is 4.68 Å². The van der Waals surface area contributed by atoms with Crippen LogP contribution in [0.1, 0.15) is 38.4 Å². The number of azo groups is 1. The summed E-state index contributed by atoms with van der Waals surface area (Å²) in [6.45, 7) is 5.98. The van der Waals surface area contributed by atoms with Gasteiger partial charge in [-0.25, -0.2) is 4.68 Å². The molecule has 0 saturated heterocycles. The highest BCUT2D eigenvalue weighted by Crippen LogP contribution is 2.33. The molecule has 3 rings (SSSR count). The lowest BCUT2D eigenvalue weighted by Crippen LogP contribution is -2.17. The van der Waals surface area contributed by atoms with Crippen LogP contribution in [0.4, 0.5) is 11.5 Å². The number of para-hydroxylation sites is 1. The third-order valence-electron chi connectivity index (χ3n) is 4.53. The molecule has 2 aromatic heterocycles. The molecule has 0 amide bonds. The van der Waals surface area contributed by atoms with E-state index in [9.17, 15) is 15.2 Å². The van der Waals surface area contributed by atoms with Gasteiger partial charge in [-0.2, -0.15) is 10.4 Å². The van der Waals surface area contributed by atoms with Gasteiger partial charge >= 0.3 is 0 Å². The lowest BCUT2D eigenvalue weighted by atomic mass is 9.84. The molecule has 0 saturated carbocycles. The fraction of sp³-hybridized carbons (Fsp3) is 0.278. The van der Waals surface area contributed by atoms with Crippen molar-refractivity contribution in [1.29, 1.82) is 5.26 Å². The van der Waals surface area contributed by atoms with Crippen LogP contribution in [0.15, 0.2) is 45.4 Å². The minimum absolute atomic E-state index is 0.0697. The molecule has 0 aliphatic carbocycles. The fourth-order valence-electron chi connectivity index (χ4n) is 2.54. The van der Waals surface area contributed by atoms with Gasteiger partial charge in [0.25, 0.3) is 5.56 Å². The van der Waals surface area contributed by atoms with Crippen LogP contribution in [0.2, 0.25) is 0 Å². The maximum Gasteiger partial charge on any atom is 0.296 e. The molecule has 0 aliphatic heterocycles. The van der Waals surface area contributed by atoms with E-state index < -0.39 is 5.56 Å². The maximum absolute atomic E-state index is 12.1. The molecule has 0 fully saturated rings. The summed E-state index contributed by atoms with van der Waals surface area (Å²) >= 11 is 0. The summed E-state index contributed by atoms with van der Waals surface area (Å²) in [5.74, 6) is -0.307. The van der Waals surface area contributed by atoms with Gasteiger partial charge in [-0.15, -0.1) is 10.2 Å². The number of hydrogen-bond acceptors (Lipinski definition) is 6. The van der Waals surface area contributed by atoms with Gasteiger partial charge in [-0.3, -0.25) is 15.0 Å². The third-order valence-corrected chi connectivity index (χ3v) is 4.53. The summed E-state index contributed by atoms with van der Waals surface area (Å²) < 4.78 is 1.21. The van der Waals surface area contributed by atoms with Crippen molar-refractivity contribution < 1.29 is 5.11 Å². The van der Waals surface area contributed by atoms with Crippen molar-refractivity contribution in [2.45, 2.75) is 32.6 Å². The van der Waals surface area contributed by atoms with Crippen molar-refractivity contribution in [2.24, 2.45) is 10.2 Å². The topological polar surface area (TPSA) is 135 Å². The Kier molecular flexibility index (Phi) is 4.64. The normalized spacial score (nSPS) is 11.8. The minimum Gasteiger partial charge on any atom is -0.492 e. The van der Waals surface area contributed by atoms with E-state index in [0.717, 1.165) is 6.42 Å². The second-order valence-electron chi connectivity index (χ2n) is 6.63. The van der Waals surface area contributed by atoms with Crippen LogP contribution >= 0.6 is 0 Å². The van der Waals surface area contributed by atoms with Gasteiger partial charge in [0.1, 0.15) is 11.6 Å². The number of nitriles is 1. The molecular weight excluding hydrogens is 346 g/mol. The molecule has 9 nitrogen and oxygen atoms in total. The highest BCUT2D eigenvalue weighted by atomic mass is 16.3. The van der Waals surface area contributed by atoms with Gasteiger partial charge in [0.05, 0.1) is 11.4 Å². The molecule has 0 radical (unpaired) electrons. The lowest BCUT2D eigenvalue weighted by molar-refractivity contribution is 0.434. The zero-order valence-electron chi connectivity index (χ0n) is 15.2. The van der Waals surface area contributed by atoms with Crippen molar-refractivity contribution in [3.05, 3.63) is 51.9 Å². The van der Waals surface area contributed by atoms with Gasteiger partial charge in [0, 0.05) is 5.41 Å². The lowest BCUT2D eigenvalue weighted by Gasteiger charge is -2.20. The molecule has 2 heterocycles. The summed E-state index contributed by atoms with van der Waals surface area (Å²) in [6, 6.07) is 10.9. The zero-order chi connectivity index (χ0) is 19.6. The molecule has 0 atom stereocenters. The van der Waals surface area contributed by atoms with Crippen LogP contribution < -0.4 is 5.56 Å². The quantitative estimate of drug-likeness (QED) is 0.595. The first-order chi connectivity index (χ1) is 12.9. The first kappa shape index (κ1) is 18.1. The van der Waals surface area contributed by atoms with Gasteiger partial charge < -0.3 is 5.11 Å². The second-order valence-corrected chi connectivity index (χ2v) is 6.63. The number of aromatic nitrogens is 4. The van der Waals surface area contributed by atoms with Crippen LogP contribution in [0, 0.1) is 11.3 Å². The summed E-state index contributed by atoms with van der Waals surface area (Å²) in [5.41, 5.74) is 0.330. The molecule has 0 aliphatic rings. The van der Waals surface area contributed by atoms with E-state index in [-0.39, 0.29) is 28.4 Å². The van der Waals surface area contributed by atoms with Crippen LogP contribution in [-0.4, -0.2) is 25.1 Å². The number of benzene rings is 1. The Morgan fingerprint density at radius 2 is 2.00 bits per heavy atom. The first-order valence-electron chi connectivity index (χ1n) is 8.39. The fourth-order valence-corrected chi connectivity index (χ4v) is 2.54. The Morgan fingerprint density at radius 3 is 2.63 bits per heavy atom. The van der Waals surface area contributed by atoms with Crippen molar-refractivity contribution in [1.82, 2.24) is 20.0 Å². The second kappa shape index (κ2) is 6.92.